The quantitative estimate of drug-likeness (QED) is 0.148. The van der Waals surface area contributed by atoms with Gasteiger partial charge in [-0.25, -0.2) is 9.69 Å². The summed E-state index contributed by atoms with van der Waals surface area (Å²) >= 11 is 0. The van der Waals surface area contributed by atoms with Gasteiger partial charge in [0.05, 0.1) is 92.6 Å². The third kappa shape index (κ3) is 7.73. The maximum absolute atomic E-state index is 14.5. The lowest BCUT2D eigenvalue weighted by molar-refractivity contribution is -0.137. The van der Waals surface area contributed by atoms with E-state index in [1.807, 2.05) is 130 Å². The summed E-state index contributed by atoms with van der Waals surface area (Å²) in [5.41, 5.74) is 10.6. The smallest absolute Gasteiger partial charge is 0.309 e. The molecule has 78 heavy (non-hydrogen) atoms. The molecule has 0 bridgehead atoms. The highest BCUT2D eigenvalue weighted by Crippen LogP contribution is 2.46. The van der Waals surface area contributed by atoms with Gasteiger partial charge in [-0.2, -0.15) is 34.2 Å². The van der Waals surface area contributed by atoms with Crippen LogP contribution in [0.4, 0.5) is 24.5 Å². The predicted octanol–water partition coefficient (Wildman–Crippen LogP) is 17.8. The summed E-state index contributed by atoms with van der Waals surface area (Å²) < 4.78 is 47.3. The average Bonchev–Trinajstić information content (AvgIpc) is 4.14. The normalized spacial score (nSPS) is 11.2. The number of fused-ring (bicyclic) bond motifs is 6. The first kappa shape index (κ1) is 47.5. The largest absolute Gasteiger partial charge is 0.416 e. The number of hydrogen-bond acceptors (Lipinski definition) is 4. The van der Waals surface area contributed by atoms with Crippen LogP contribution in [0, 0.1) is 58.5 Å². The van der Waals surface area contributed by atoms with Crippen molar-refractivity contribution in [1.82, 2.24) is 9.13 Å². The number of halogens is 3. The van der Waals surface area contributed by atoms with E-state index >= 15 is 0 Å². The summed E-state index contributed by atoms with van der Waals surface area (Å²) in [6.07, 6.45) is -4.76. The third-order valence-corrected chi connectivity index (χ3v) is 14.4. The van der Waals surface area contributed by atoms with Crippen LogP contribution >= 0.6 is 0 Å². The van der Waals surface area contributed by atoms with Crippen molar-refractivity contribution in [1.29, 1.82) is 21.0 Å². The number of hydrogen-bond donors (Lipinski definition) is 0. The molecule has 0 fully saturated rings. The van der Waals surface area contributed by atoms with Crippen molar-refractivity contribution >= 4 is 55.0 Å². The first-order valence-corrected chi connectivity index (χ1v) is 24.4. The molecule has 0 spiro atoms. The minimum absolute atomic E-state index is 0.179. The van der Waals surface area contributed by atoms with Crippen LogP contribution in [0.5, 0.6) is 0 Å². The highest BCUT2D eigenvalue weighted by atomic mass is 19.4. The molecule has 12 rings (SSSR count). The Morgan fingerprint density at radius 2 is 0.731 bits per heavy atom. The van der Waals surface area contributed by atoms with Crippen LogP contribution in [0.15, 0.2) is 200 Å². The molecule has 12 aromatic rings. The van der Waals surface area contributed by atoms with Gasteiger partial charge < -0.3 is 9.13 Å². The molecule has 0 saturated carbocycles. The molecule has 0 aliphatic heterocycles. The summed E-state index contributed by atoms with van der Waals surface area (Å²) in [7, 11) is 0. The summed E-state index contributed by atoms with van der Waals surface area (Å²) in [5.74, 6) is 0. The zero-order chi connectivity index (χ0) is 53.8. The van der Waals surface area contributed by atoms with Crippen LogP contribution in [0.3, 0.4) is 0 Å². The van der Waals surface area contributed by atoms with Crippen LogP contribution in [-0.2, 0) is 6.18 Å². The van der Waals surface area contributed by atoms with Gasteiger partial charge in [0.25, 0.3) is 0 Å². The zero-order valence-corrected chi connectivity index (χ0v) is 40.8. The van der Waals surface area contributed by atoms with Gasteiger partial charge in [-0.05, 0) is 129 Å². The Kier molecular flexibility index (Phi) is 11.4. The van der Waals surface area contributed by atoms with Gasteiger partial charge in [0.2, 0.25) is 0 Å². The Bertz CT molecular complexity index is 4590. The van der Waals surface area contributed by atoms with Crippen LogP contribution in [0.1, 0.15) is 27.8 Å². The van der Waals surface area contributed by atoms with E-state index in [1.165, 1.54) is 6.07 Å². The Morgan fingerprint density at radius 3 is 1.14 bits per heavy atom. The Balaban J connectivity index is 1.19. The van der Waals surface area contributed by atoms with E-state index in [-0.39, 0.29) is 16.7 Å². The maximum atomic E-state index is 14.5. The number of rotatable bonds is 7. The Labute approximate surface area is 444 Å². The van der Waals surface area contributed by atoms with Gasteiger partial charge in [0, 0.05) is 32.7 Å². The molecule has 10 aromatic carbocycles. The molecule has 0 saturated heterocycles. The molecule has 2 heterocycles. The molecule has 8 nitrogen and oxygen atoms in total. The zero-order valence-electron chi connectivity index (χ0n) is 40.8. The summed E-state index contributed by atoms with van der Waals surface area (Å²) in [6.45, 7) is 15.9. The molecule has 2 aromatic heterocycles. The van der Waals surface area contributed by atoms with Crippen molar-refractivity contribution in [2.45, 2.75) is 6.18 Å². The van der Waals surface area contributed by atoms with Crippen molar-refractivity contribution in [3.8, 4) is 91.3 Å². The SMILES string of the molecule is [C-]#[N+]c1ccccc1-c1ccc2c(c1)c1cc(-c3ccccc3[N+]#[C-])ccc1n2-c1cc(C#N)c(-n2c3ccc(-c4ccccc4C#N)cc3c3cc(-c4ccccc4C#N)ccc32)cc1-c1ccc(C(F)(F)F)cc1C#N. The predicted molar refractivity (Wildman–Crippen MR) is 299 cm³/mol. The lowest BCUT2D eigenvalue weighted by Gasteiger charge is -2.20. The Morgan fingerprint density at radius 1 is 0.346 bits per heavy atom. The average molecular weight is 1010 g/mol. The first-order chi connectivity index (χ1) is 38.0. The standard InChI is InChI=1S/C67H33F3N8/c1-75-59-17-9-7-15-52(59)42-21-27-63-56(32-42)57-33-43(53-16-8-10-18-60(53)76-2)22-28-64(57)78(63)66-34-47(39-74)65(35-58(66)51-24-23-48(67(68,69)70)29-46(51)38-73)77-61-25-19-40(49-13-5-3-11-44(49)36-71)30-54(61)55-31-41(20-26-62(55)77)50-14-6-4-12-45(50)37-72/h3-35H. The number of para-hydroxylation sites is 2. The summed E-state index contributed by atoms with van der Waals surface area (Å²) in [5, 5.41) is 45.6. The van der Waals surface area contributed by atoms with Gasteiger partial charge in [0.15, 0.2) is 11.4 Å². The summed E-state index contributed by atoms with van der Waals surface area (Å²) in [6, 6.07) is 68.0. The van der Waals surface area contributed by atoms with Crippen molar-refractivity contribution in [2.24, 2.45) is 0 Å². The molecule has 0 atom stereocenters. The van der Waals surface area contributed by atoms with Gasteiger partial charge in [-0.1, -0.05) is 115 Å². The van der Waals surface area contributed by atoms with Gasteiger partial charge in [-0.15, -0.1) is 0 Å². The van der Waals surface area contributed by atoms with Crippen LogP contribution in [-0.4, -0.2) is 9.13 Å². The van der Waals surface area contributed by atoms with Crippen LogP contribution in [0.25, 0.3) is 120 Å². The van der Waals surface area contributed by atoms with E-state index in [0.717, 1.165) is 55.9 Å². The number of benzene rings is 10. The highest BCUT2D eigenvalue weighted by Gasteiger charge is 2.32. The fourth-order valence-electron chi connectivity index (χ4n) is 10.8. The van der Waals surface area contributed by atoms with Crippen molar-refractivity contribution in [2.75, 3.05) is 0 Å². The maximum Gasteiger partial charge on any atom is 0.416 e. The van der Waals surface area contributed by atoms with Crippen molar-refractivity contribution < 1.29 is 13.2 Å². The highest BCUT2D eigenvalue weighted by molar-refractivity contribution is 6.14. The topological polar surface area (TPSA) is 114 Å². The first-order valence-electron chi connectivity index (χ1n) is 24.4. The second kappa shape index (κ2) is 18.8. The summed E-state index contributed by atoms with van der Waals surface area (Å²) in [4.78, 5) is 7.60. The van der Waals surface area contributed by atoms with E-state index in [9.17, 15) is 34.2 Å². The molecular formula is C67H33F3N8. The number of nitrogens with zero attached hydrogens (tertiary/aromatic N) is 8. The van der Waals surface area contributed by atoms with Gasteiger partial charge in [0.1, 0.15) is 6.07 Å². The fraction of sp³-hybridized carbons (Fsp3) is 0.0149. The number of nitriles is 4. The van der Waals surface area contributed by atoms with Crippen molar-refractivity contribution in [3.05, 3.63) is 251 Å². The Hall–Kier alpha value is -11.5. The molecule has 0 amide bonds. The second-order valence-corrected chi connectivity index (χ2v) is 18.5. The monoisotopic (exact) mass is 1010 g/mol. The molecular weight excluding hydrogens is 974 g/mol. The second-order valence-electron chi connectivity index (χ2n) is 18.5. The molecule has 0 N–H and O–H groups in total. The van der Waals surface area contributed by atoms with E-state index in [1.54, 1.807) is 60.7 Å². The van der Waals surface area contributed by atoms with E-state index in [0.29, 0.717) is 83.8 Å². The lowest BCUT2D eigenvalue weighted by atomic mass is 9.94. The molecule has 0 aliphatic rings. The van der Waals surface area contributed by atoms with E-state index < -0.39 is 11.7 Å². The van der Waals surface area contributed by atoms with Crippen molar-refractivity contribution in [3.63, 3.8) is 0 Å². The molecule has 11 heteroatoms. The lowest BCUT2D eigenvalue weighted by Crippen LogP contribution is -2.07. The molecule has 0 radical (unpaired) electrons. The van der Waals surface area contributed by atoms with Gasteiger partial charge >= 0.3 is 6.18 Å². The van der Waals surface area contributed by atoms with Crippen LogP contribution < -0.4 is 0 Å². The third-order valence-electron chi connectivity index (χ3n) is 14.4. The minimum Gasteiger partial charge on any atom is -0.309 e. The van der Waals surface area contributed by atoms with Gasteiger partial charge in [-0.3, -0.25) is 0 Å². The van der Waals surface area contributed by atoms with E-state index in [4.69, 9.17) is 13.1 Å². The molecule has 0 aliphatic carbocycles. The number of alkyl halides is 3. The van der Waals surface area contributed by atoms with E-state index in [2.05, 4.69) is 34.0 Å². The molecule has 362 valence electrons. The molecule has 0 unspecified atom stereocenters. The minimum atomic E-state index is -4.76. The fourth-order valence-corrected chi connectivity index (χ4v) is 10.8. The number of aromatic nitrogens is 2. The van der Waals surface area contributed by atoms with Crippen LogP contribution in [0.2, 0.25) is 0 Å².